The third-order valence-corrected chi connectivity index (χ3v) is 6.51. The van der Waals surface area contributed by atoms with Crippen LogP contribution in [-0.4, -0.2) is 54.0 Å². The number of rotatable bonds is 10. The summed E-state index contributed by atoms with van der Waals surface area (Å²) in [6.07, 6.45) is 0. The number of aromatic nitrogens is 3. The number of ether oxygens (including phenoxy) is 3. The molecule has 0 aliphatic heterocycles. The Hall–Kier alpha value is -4.51. The van der Waals surface area contributed by atoms with Crippen molar-refractivity contribution in [2.75, 3.05) is 27.1 Å². The average molecular weight is 535 g/mol. The van der Waals surface area contributed by atoms with E-state index in [0.717, 1.165) is 11.3 Å². The maximum Gasteiger partial charge on any atom is 0.342 e. The number of H-pyrrole nitrogens is 1. The van der Waals surface area contributed by atoms with Gasteiger partial charge < -0.3 is 19.3 Å². The molecule has 38 heavy (non-hydrogen) atoms. The van der Waals surface area contributed by atoms with Crippen LogP contribution >= 0.6 is 11.8 Å². The number of carbonyl (C=O) groups is 1. The molecule has 0 aliphatic rings. The highest BCUT2D eigenvalue weighted by molar-refractivity contribution is 7.99. The predicted molar refractivity (Wildman–Crippen MR) is 144 cm³/mol. The Bertz CT molecular complexity index is 1430. The fraction of sp³-hybridized carbons (Fsp3) is 0.185. The van der Waals surface area contributed by atoms with E-state index in [0.29, 0.717) is 39.5 Å². The number of amides is 1. The lowest BCUT2D eigenvalue weighted by Crippen LogP contribution is -2.34. The van der Waals surface area contributed by atoms with Gasteiger partial charge in [0.15, 0.2) is 11.5 Å². The highest BCUT2D eigenvalue weighted by atomic mass is 32.2. The quantitative estimate of drug-likeness (QED) is 0.123. The number of benzene rings is 3. The van der Waals surface area contributed by atoms with Crippen LogP contribution in [0.5, 0.6) is 23.0 Å². The summed E-state index contributed by atoms with van der Waals surface area (Å²) in [7, 11) is 4.67. The van der Waals surface area contributed by atoms with Gasteiger partial charge in [-0.1, -0.05) is 30.3 Å². The van der Waals surface area contributed by atoms with Gasteiger partial charge in [-0.15, -0.1) is 5.10 Å². The Balaban J connectivity index is 1.61. The molecule has 196 valence electrons. The first-order valence-electron chi connectivity index (χ1n) is 11.6. The second-order valence-corrected chi connectivity index (χ2v) is 8.95. The highest BCUT2D eigenvalue weighted by Gasteiger charge is 2.27. The molecule has 0 saturated heterocycles. The Morgan fingerprint density at radius 1 is 1.03 bits per heavy atom. The molecule has 0 saturated carbocycles. The van der Waals surface area contributed by atoms with Crippen molar-refractivity contribution < 1.29 is 28.7 Å². The molecule has 0 bridgehead atoms. The number of phenolic OH excluding ortho intramolecular Hbond substituents is 1. The van der Waals surface area contributed by atoms with Crippen LogP contribution in [0.25, 0.3) is 17.1 Å². The van der Waals surface area contributed by atoms with E-state index in [9.17, 15) is 9.90 Å². The number of methoxy groups -OCH3 is 3. The number of hydrazone groups is 1. The molecule has 0 unspecified atom stereocenters. The molecule has 4 aromatic rings. The molecule has 11 heteroatoms. The Morgan fingerprint density at radius 3 is 2.37 bits per heavy atom. The minimum absolute atomic E-state index is 0.0726. The van der Waals surface area contributed by atoms with Crippen molar-refractivity contribution in [2.24, 2.45) is 5.10 Å². The molecule has 0 spiro atoms. The van der Waals surface area contributed by atoms with Crippen LogP contribution < -0.4 is 24.2 Å². The summed E-state index contributed by atoms with van der Waals surface area (Å²) in [4.78, 5) is 12.6. The van der Waals surface area contributed by atoms with E-state index in [1.807, 2.05) is 47.0 Å². The van der Waals surface area contributed by atoms with E-state index < -0.39 is 0 Å². The van der Waals surface area contributed by atoms with Gasteiger partial charge in [-0.05, 0) is 55.1 Å². The molecule has 1 amide bonds. The van der Waals surface area contributed by atoms with Crippen LogP contribution in [0.4, 0.5) is 0 Å². The van der Waals surface area contributed by atoms with Gasteiger partial charge in [-0.2, -0.15) is 9.67 Å². The number of nitrogens with zero attached hydrogens (tertiary/aromatic N) is 3. The minimum Gasteiger partial charge on any atom is -0.508 e. The molecule has 3 N–H and O–H groups in total. The number of thioether (sulfide) groups is 1. The number of aromatic hydroxyl groups is 1. The topological polar surface area (TPSA) is 122 Å². The summed E-state index contributed by atoms with van der Waals surface area (Å²) >= 11 is 1.26. The van der Waals surface area contributed by atoms with Gasteiger partial charge in [-0.3, -0.25) is 4.79 Å². The van der Waals surface area contributed by atoms with Crippen LogP contribution in [0.1, 0.15) is 12.5 Å². The summed E-state index contributed by atoms with van der Waals surface area (Å²) in [5.74, 6) is 2.06. The molecule has 0 radical (unpaired) electrons. The van der Waals surface area contributed by atoms with Crippen molar-refractivity contribution in [2.45, 2.75) is 12.1 Å². The van der Waals surface area contributed by atoms with Gasteiger partial charge in [0.25, 0.3) is 11.7 Å². The zero-order valence-electron chi connectivity index (χ0n) is 21.4. The first-order valence-corrected chi connectivity index (χ1v) is 12.5. The molecule has 1 aromatic heterocycles. The van der Waals surface area contributed by atoms with E-state index in [4.69, 9.17) is 14.2 Å². The molecular weight excluding hydrogens is 506 g/mol. The second kappa shape index (κ2) is 12.2. The van der Waals surface area contributed by atoms with E-state index in [1.165, 1.54) is 11.8 Å². The Morgan fingerprint density at radius 2 is 1.74 bits per heavy atom. The Labute approximate surface area is 224 Å². The van der Waals surface area contributed by atoms with E-state index in [1.54, 1.807) is 52.5 Å². The minimum atomic E-state index is -0.300. The highest BCUT2D eigenvalue weighted by Crippen LogP contribution is 2.40. The lowest BCUT2D eigenvalue weighted by atomic mass is 10.1. The summed E-state index contributed by atoms with van der Waals surface area (Å²) in [6.45, 7) is 1.75. The molecule has 1 heterocycles. The number of para-hydroxylation sites is 1. The SMILES string of the molecule is COc1cc(-c2[nH]nc(SCC(=O)NN=C(C)c3cccc(O)c3)[n+]2-c2ccccc2)cc(OC)c1OC. The number of phenols is 1. The molecular formula is C27H28N5O5S+. The Kier molecular flexibility index (Phi) is 8.49. The molecule has 3 aromatic carbocycles. The largest absolute Gasteiger partial charge is 0.508 e. The number of hydrogen-bond donors (Lipinski definition) is 3. The van der Waals surface area contributed by atoms with Gasteiger partial charge in [0.2, 0.25) is 5.75 Å². The summed E-state index contributed by atoms with van der Waals surface area (Å²) in [6, 6.07) is 20.0. The molecule has 10 nitrogen and oxygen atoms in total. The lowest BCUT2D eigenvalue weighted by molar-refractivity contribution is -0.625. The van der Waals surface area contributed by atoms with Crippen LogP contribution in [-0.2, 0) is 4.79 Å². The third kappa shape index (κ3) is 5.89. The van der Waals surface area contributed by atoms with Crippen molar-refractivity contribution >= 4 is 23.4 Å². The average Bonchev–Trinajstić information content (AvgIpc) is 3.38. The number of hydrogen-bond acceptors (Lipinski definition) is 8. The maximum atomic E-state index is 12.6. The first kappa shape index (κ1) is 26.6. The zero-order valence-corrected chi connectivity index (χ0v) is 22.2. The van der Waals surface area contributed by atoms with E-state index in [-0.39, 0.29) is 17.4 Å². The standard InChI is InChI=1S/C27H27N5O5S/c1-17(18-9-8-12-21(33)13-18)28-29-24(34)16-38-27-31-30-26(32(27)20-10-6-5-7-11-20)19-14-22(35-2)25(37-4)23(15-19)36-3/h5-15H,16H2,1-4H3,(H2,29,33,34)/p+1. The first-order chi connectivity index (χ1) is 18.4. The fourth-order valence-corrected chi connectivity index (χ4v) is 4.49. The van der Waals surface area contributed by atoms with Crippen molar-refractivity contribution in [3.8, 4) is 40.1 Å². The van der Waals surface area contributed by atoms with Gasteiger partial charge >= 0.3 is 5.16 Å². The summed E-state index contributed by atoms with van der Waals surface area (Å²) in [5, 5.41) is 22.0. The summed E-state index contributed by atoms with van der Waals surface area (Å²) < 4.78 is 18.4. The van der Waals surface area contributed by atoms with Gasteiger partial charge in [-0.25, -0.2) is 5.43 Å². The van der Waals surface area contributed by atoms with Crippen LogP contribution in [0.15, 0.2) is 77.0 Å². The molecule has 4 rings (SSSR count). The van der Waals surface area contributed by atoms with E-state index >= 15 is 0 Å². The van der Waals surface area contributed by atoms with Gasteiger partial charge in [0, 0.05) is 5.56 Å². The zero-order chi connectivity index (χ0) is 27.1. The molecule has 0 fully saturated rings. The van der Waals surface area contributed by atoms with Crippen LogP contribution in [0.3, 0.4) is 0 Å². The van der Waals surface area contributed by atoms with Crippen LogP contribution in [0, 0.1) is 0 Å². The monoisotopic (exact) mass is 534 g/mol. The fourth-order valence-electron chi connectivity index (χ4n) is 3.73. The van der Waals surface area contributed by atoms with Crippen molar-refractivity contribution in [3.63, 3.8) is 0 Å². The summed E-state index contributed by atoms with van der Waals surface area (Å²) in [5.41, 5.74) is 5.45. The predicted octanol–water partition coefficient (Wildman–Crippen LogP) is 3.72. The van der Waals surface area contributed by atoms with Gasteiger partial charge in [0.05, 0.1) is 43.5 Å². The van der Waals surface area contributed by atoms with Crippen molar-refractivity contribution in [1.82, 2.24) is 15.6 Å². The number of aromatic amines is 1. The van der Waals surface area contributed by atoms with E-state index in [2.05, 4.69) is 20.7 Å². The number of nitrogens with one attached hydrogen (secondary N) is 2. The molecule has 0 aliphatic carbocycles. The van der Waals surface area contributed by atoms with Crippen LogP contribution in [0.2, 0.25) is 0 Å². The molecule has 0 atom stereocenters. The van der Waals surface area contributed by atoms with Crippen molar-refractivity contribution in [1.29, 1.82) is 0 Å². The van der Waals surface area contributed by atoms with Crippen molar-refractivity contribution in [3.05, 3.63) is 72.3 Å². The lowest BCUT2D eigenvalue weighted by Gasteiger charge is -2.13. The second-order valence-electron chi connectivity index (χ2n) is 8.01. The smallest absolute Gasteiger partial charge is 0.342 e. The maximum absolute atomic E-state index is 12.6. The third-order valence-electron chi connectivity index (χ3n) is 5.57. The normalized spacial score (nSPS) is 11.2. The van der Waals surface area contributed by atoms with Gasteiger partial charge in [0.1, 0.15) is 11.4 Å². The number of carbonyl (C=O) groups excluding carboxylic acids is 1.